The first-order valence-electron chi connectivity index (χ1n) is 7.23. The van der Waals surface area contributed by atoms with Crippen molar-refractivity contribution < 1.29 is 0 Å². The molecule has 2 atom stereocenters. The van der Waals surface area contributed by atoms with Crippen molar-refractivity contribution in [2.24, 2.45) is 11.3 Å². The summed E-state index contributed by atoms with van der Waals surface area (Å²) < 4.78 is 0. The number of rotatable bonds is 4. The molecule has 3 rings (SSSR count). The molecule has 18 heavy (non-hydrogen) atoms. The van der Waals surface area contributed by atoms with Crippen LogP contribution in [-0.4, -0.2) is 31.6 Å². The lowest BCUT2D eigenvalue weighted by Gasteiger charge is -2.28. The first-order chi connectivity index (χ1) is 8.82. The van der Waals surface area contributed by atoms with E-state index in [-0.39, 0.29) is 0 Å². The molecular formula is C16H24N2. The molecule has 2 nitrogen and oxygen atoms in total. The largest absolute Gasteiger partial charge is 0.319 e. The van der Waals surface area contributed by atoms with Crippen LogP contribution in [0.25, 0.3) is 0 Å². The zero-order chi connectivity index (χ0) is 12.4. The summed E-state index contributed by atoms with van der Waals surface area (Å²) in [6.45, 7) is 4.91. The molecule has 0 radical (unpaired) electrons. The van der Waals surface area contributed by atoms with Gasteiger partial charge >= 0.3 is 0 Å². The van der Waals surface area contributed by atoms with Gasteiger partial charge in [0.2, 0.25) is 0 Å². The predicted molar refractivity (Wildman–Crippen MR) is 75.4 cm³/mol. The van der Waals surface area contributed by atoms with Crippen LogP contribution in [0.15, 0.2) is 30.3 Å². The highest BCUT2D eigenvalue weighted by atomic mass is 15.2. The van der Waals surface area contributed by atoms with Gasteiger partial charge in [-0.3, -0.25) is 4.90 Å². The van der Waals surface area contributed by atoms with Gasteiger partial charge in [-0.2, -0.15) is 0 Å². The van der Waals surface area contributed by atoms with Crippen LogP contribution in [0, 0.1) is 11.3 Å². The summed E-state index contributed by atoms with van der Waals surface area (Å²) in [6, 6.07) is 10.9. The number of hydrogen-bond donors (Lipinski definition) is 1. The van der Waals surface area contributed by atoms with Gasteiger partial charge in [-0.05, 0) is 36.8 Å². The van der Waals surface area contributed by atoms with Crippen LogP contribution in [-0.2, 0) is 6.54 Å². The number of hydrogen-bond acceptors (Lipinski definition) is 2. The number of likely N-dealkylation sites (tertiary alicyclic amines) is 1. The van der Waals surface area contributed by atoms with Crippen LogP contribution in [0.1, 0.15) is 24.8 Å². The number of nitrogens with zero attached hydrogens (tertiary/aromatic N) is 1. The molecule has 98 valence electrons. The quantitative estimate of drug-likeness (QED) is 0.875. The van der Waals surface area contributed by atoms with Crippen molar-refractivity contribution in [3.8, 4) is 0 Å². The Morgan fingerprint density at radius 3 is 2.94 bits per heavy atom. The van der Waals surface area contributed by atoms with Crippen molar-refractivity contribution in [2.45, 2.75) is 25.8 Å². The maximum absolute atomic E-state index is 3.43. The second-order valence-electron chi connectivity index (χ2n) is 6.14. The Kier molecular flexibility index (Phi) is 3.40. The lowest BCUT2D eigenvalue weighted by atomic mass is 9.81. The molecule has 1 saturated heterocycles. The molecule has 1 aromatic carbocycles. The van der Waals surface area contributed by atoms with Gasteiger partial charge in [0.1, 0.15) is 0 Å². The highest BCUT2D eigenvalue weighted by molar-refractivity contribution is 5.15. The fourth-order valence-electron chi connectivity index (χ4n) is 4.13. The summed E-state index contributed by atoms with van der Waals surface area (Å²) in [5.41, 5.74) is 2.03. The highest BCUT2D eigenvalue weighted by Gasteiger charge is 2.48. The van der Waals surface area contributed by atoms with Crippen molar-refractivity contribution in [2.75, 3.05) is 26.7 Å². The molecule has 1 heterocycles. The molecule has 1 N–H and O–H groups in total. The Labute approximate surface area is 110 Å². The lowest BCUT2D eigenvalue weighted by Crippen LogP contribution is -2.36. The minimum absolute atomic E-state index is 0.573. The number of fused-ring (bicyclic) bond motifs is 1. The van der Waals surface area contributed by atoms with Crippen LogP contribution in [0.4, 0.5) is 0 Å². The molecule has 0 amide bonds. The van der Waals surface area contributed by atoms with E-state index in [4.69, 9.17) is 0 Å². The maximum Gasteiger partial charge on any atom is 0.0234 e. The zero-order valence-electron chi connectivity index (χ0n) is 11.4. The van der Waals surface area contributed by atoms with Gasteiger partial charge in [-0.25, -0.2) is 0 Å². The van der Waals surface area contributed by atoms with Crippen molar-refractivity contribution >= 4 is 0 Å². The number of nitrogens with one attached hydrogen (secondary N) is 1. The maximum atomic E-state index is 3.43. The van der Waals surface area contributed by atoms with Crippen LogP contribution >= 0.6 is 0 Å². The summed E-state index contributed by atoms with van der Waals surface area (Å²) in [4.78, 5) is 2.66. The van der Waals surface area contributed by atoms with Gasteiger partial charge in [-0.15, -0.1) is 0 Å². The van der Waals surface area contributed by atoms with Gasteiger partial charge in [0, 0.05) is 26.2 Å². The monoisotopic (exact) mass is 244 g/mol. The van der Waals surface area contributed by atoms with E-state index in [1.165, 1.54) is 44.5 Å². The smallest absolute Gasteiger partial charge is 0.0234 e. The zero-order valence-corrected chi connectivity index (χ0v) is 11.4. The Balaban J connectivity index is 1.67. The molecule has 2 fully saturated rings. The van der Waals surface area contributed by atoms with Crippen LogP contribution in [0.3, 0.4) is 0 Å². The van der Waals surface area contributed by atoms with E-state index in [1.807, 2.05) is 0 Å². The van der Waals surface area contributed by atoms with E-state index in [1.54, 1.807) is 0 Å². The van der Waals surface area contributed by atoms with E-state index in [2.05, 4.69) is 47.6 Å². The molecule has 2 aliphatic rings. The molecule has 0 bridgehead atoms. The predicted octanol–water partition coefficient (Wildman–Crippen LogP) is 2.51. The highest BCUT2D eigenvalue weighted by Crippen LogP contribution is 2.48. The molecule has 2 unspecified atom stereocenters. The van der Waals surface area contributed by atoms with E-state index >= 15 is 0 Å². The molecule has 1 aliphatic carbocycles. The molecule has 0 aromatic heterocycles. The molecule has 1 aromatic rings. The Morgan fingerprint density at radius 2 is 2.17 bits per heavy atom. The topological polar surface area (TPSA) is 15.3 Å². The summed E-state index contributed by atoms with van der Waals surface area (Å²) in [6.07, 6.45) is 4.29. The first-order valence-corrected chi connectivity index (χ1v) is 7.23. The van der Waals surface area contributed by atoms with Crippen molar-refractivity contribution in [1.82, 2.24) is 10.2 Å². The van der Waals surface area contributed by atoms with Crippen molar-refractivity contribution in [3.05, 3.63) is 35.9 Å². The van der Waals surface area contributed by atoms with E-state index < -0.39 is 0 Å². The third-order valence-electron chi connectivity index (χ3n) is 4.89. The van der Waals surface area contributed by atoms with Gasteiger partial charge in [-0.1, -0.05) is 36.8 Å². The average Bonchev–Trinajstić information content (AvgIpc) is 2.87. The molecule has 1 aliphatic heterocycles. The Bertz CT molecular complexity index is 389. The molecule has 2 heteroatoms. The molecular weight excluding hydrogens is 220 g/mol. The van der Waals surface area contributed by atoms with Crippen molar-refractivity contribution in [1.29, 1.82) is 0 Å². The standard InChI is InChI=1S/C16H24N2/c1-17-12-16-9-5-8-15(16)11-18(13-16)10-14-6-3-2-4-7-14/h2-4,6-7,15,17H,5,8-13H2,1H3. The van der Waals surface area contributed by atoms with E-state index in [9.17, 15) is 0 Å². The summed E-state index contributed by atoms with van der Waals surface area (Å²) in [7, 11) is 2.10. The van der Waals surface area contributed by atoms with E-state index in [0.29, 0.717) is 5.41 Å². The lowest BCUT2D eigenvalue weighted by molar-refractivity contribution is 0.233. The minimum Gasteiger partial charge on any atom is -0.319 e. The van der Waals surface area contributed by atoms with Gasteiger partial charge in [0.25, 0.3) is 0 Å². The second-order valence-corrected chi connectivity index (χ2v) is 6.14. The molecule has 1 saturated carbocycles. The van der Waals surface area contributed by atoms with E-state index in [0.717, 1.165) is 12.5 Å². The SMILES string of the molecule is CNCC12CCCC1CN(Cc1ccccc1)C2. The summed E-state index contributed by atoms with van der Waals surface area (Å²) >= 11 is 0. The van der Waals surface area contributed by atoms with Crippen LogP contribution < -0.4 is 5.32 Å². The van der Waals surface area contributed by atoms with Gasteiger partial charge < -0.3 is 5.32 Å². The average molecular weight is 244 g/mol. The van der Waals surface area contributed by atoms with Crippen LogP contribution in [0.2, 0.25) is 0 Å². The molecule has 0 spiro atoms. The summed E-state index contributed by atoms with van der Waals surface area (Å²) in [5.74, 6) is 0.925. The van der Waals surface area contributed by atoms with Crippen LogP contribution in [0.5, 0.6) is 0 Å². The van der Waals surface area contributed by atoms with Crippen molar-refractivity contribution in [3.63, 3.8) is 0 Å². The Hall–Kier alpha value is -0.860. The summed E-state index contributed by atoms with van der Waals surface area (Å²) in [5, 5.41) is 3.43. The third kappa shape index (κ3) is 2.19. The first kappa shape index (κ1) is 12.2. The van der Waals surface area contributed by atoms with Gasteiger partial charge in [0.05, 0.1) is 0 Å². The Morgan fingerprint density at radius 1 is 1.33 bits per heavy atom. The minimum atomic E-state index is 0.573. The number of benzene rings is 1. The third-order valence-corrected chi connectivity index (χ3v) is 4.89. The van der Waals surface area contributed by atoms with Gasteiger partial charge in [0.15, 0.2) is 0 Å². The normalized spacial score (nSPS) is 31.7. The fraction of sp³-hybridized carbons (Fsp3) is 0.625. The second kappa shape index (κ2) is 5.02. The fourth-order valence-corrected chi connectivity index (χ4v) is 4.13.